The maximum Gasteiger partial charge on any atom is 0.235 e. The number of aromatic nitrogens is 4. The van der Waals surface area contributed by atoms with Gasteiger partial charge in [-0.3, -0.25) is 4.79 Å². The minimum atomic E-state index is -0.587. The Balaban J connectivity index is 1.82. The minimum Gasteiger partial charge on any atom is -0.496 e. The number of anilines is 1. The molecule has 1 aromatic heterocycles. The number of nitrogens with one attached hydrogen (secondary N) is 2. The first kappa shape index (κ1) is 17.6. The second-order valence-electron chi connectivity index (χ2n) is 5.88. The van der Waals surface area contributed by atoms with E-state index in [9.17, 15) is 4.79 Å². The number of carbonyl (C=O) groups excluding carboxylic acids is 1. The van der Waals surface area contributed by atoms with Crippen LogP contribution in [0.4, 0.5) is 5.69 Å². The largest absolute Gasteiger partial charge is 0.496 e. The third-order valence-corrected chi connectivity index (χ3v) is 4.24. The monoisotopic (exact) mass is 351 g/mol. The zero-order valence-electron chi connectivity index (χ0n) is 14.8. The SMILES string of the molecule is CCc1ccc(NC(=O)[C@@H](Cc2ccccc2OC)c2nn[nH]n2)cc1. The lowest BCUT2D eigenvalue weighted by Crippen LogP contribution is -2.24. The number of methoxy groups -OCH3 is 1. The van der Waals surface area contributed by atoms with Gasteiger partial charge in [-0.05, 0) is 42.2 Å². The summed E-state index contributed by atoms with van der Waals surface area (Å²) in [6.07, 6.45) is 1.36. The second-order valence-corrected chi connectivity index (χ2v) is 5.88. The average molecular weight is 351 g/mol. The van der Waals surface area contributed by atoms with E-state index in [1.165, 1.54) is 5.56 Å². The summed E-state index contributed by atoms with van der Waals surface area (Å²) in [5, 5.41) is 17.0. The van der Waals surface area contributed by atoms with E-state index in [1.54, 1.807) is 7.11 Å². The predicted molar refractivity (Wildman–Crippen MR) is 98.1 cm³/mol. The summed E-state index contributed by atoms with van der Waals surface area (Å²) in [5.74, 6) is 0.289. The van der Waals surface area contributed by atoms with Gasteiger partial charge in [0.05, 0.1) is 7.11 Å². The number of aryl methyl sites for hydroxylation is 1. The van der Waals surface area contributed by atoms with E-state index in [1.807, 2.05) is 48.5 Å². The molecule has 0 fully saturated rings. The molecule has 134 valence electrons. The zero-order valence-corrected chi connectivity index (χ0v) is 14.8. The summed E-state index contributed by atoms with van der Waals surface area (Å²) >= 11 is 0. The van der Waals surface area contributed by atoms with Crippen LogP contribution in [0.3, 0.4) is 0 Å². The van der Waals surface area contributed by atoms with Gasteiger partial charge < -0.3 is 10.1 Å². The number of rotatable bonds is 7. The maximum absolute atomic E-state index is 12.9. The molecule has 2 N–H and O–H groups in total. The molecule has 26 heavy (non-hydrogen) atoms. The highest BCUT2D eigenvalue weighted by Gasteiger charge is 2.26. The third-order valence-electron chi connectivity index (χ3n) is 4.24. The molecule has 0 unspecified atom stereocenters. The standard InChI is InChI=1S/C19H21N5O2/c1-3-13-8-10-15(11-9-13)20-19(25)16(18-21-23-24-22-18)12-14-6-4-5-7-17(14)26-2/h4-11,16H,3,12H2,1-2H3,(H,20,25)(H,21,22,23,24)/t16-/m0/s1. The van der Waals surface area contributed by atoms with Crippen LogP contribution in [0.25, 0.3) is 0 Å². The number of benzene rings is 2. The zero-order chi connectivity index (χ0) is 18.4. The van der Waals surface area contributed by atoms with Crippen LogP contribution in [0, 0.1) is 0 Å². The summed E-state index contributed by atoms with van der Waals surface area (Å²) < 4.78 is 5.39. The number of carbonyl (C=O) groups is 1. The average Bonchev–Trinajstić information content (AvgIpc) is 3.21. The number of hydrogen-bond donors (Lipinski definition) is 2. The van der Waals surface area contributed by atoms with E-state index in [-0.39, 0.29) is 5.91 Å². The molecule has 0 spiro atoms. The fourth-order valence-electron chi connectivity index (χ4n) is 2.76. The van der Waals surface area contributed by atoms with Crippen molar-refractivity contribution in [3.05, 3.63) is 65.5 Å². The molecule has 7 nitrogen and oxygen atoms in total. The molecule has 0 aliphatic rings. The van der Waals surface area contributed by atoms with Crippen molar-refractivity contribution in [2.24, 2.45) is 0 Å². The van der Waals surface area contributed by atoms with Gasteiger partial charge in [0, 0.05) is 5.69 Å². The number of nitrogens with zero attached hydrogens (tertiary/aromatic N) is 3. The molecule has 2 aromatic carbocycles. The Labute approximate surface area is 151 Å². The van der Waals surface area contributed by atoms with Gasteiger partial charge >= 0.3 is 0 Å². The number of ether oxygens (including phenoxy) is 1. The van der Waals surface area contributed by atoms with Crippen molar-refractivity contribution >= 4 is 11.6 Å². The van der Waals surface area contributed by atoms with Crippen molar-refractivity contribution in [3.8, 4) is 5.75 Å². The van der Waals surface area contributed by atoms with Crippen LogP contribution in [0.1, 0.15) is 29.8 Å². The fraction of sp³-hybridized carbons (Fsp3) is 0.263. The van der Waals surface area contributed by atoms with Gasteiger partial charge in [0.15, 0.2) is 5.82 Å². The van der Waals surface area contributed by atoms with Gasteiger partial charge in [0.1, 0.15) is 11.7 Å². The molecule has 3 rings (SSSR count). The molecule has 0 saturated carbocycles. The highest BCUT2D eigenvalue weighted by molar-refractivity contribution is 5.95. The Morgan fingerprint density at radius 3 is 2.62 bits per heavy atom. The van der Waals surface area contributed by atoms with Gasteiger partial charge in [0.2, 0.25) is 5.91 Å². The molecule has 0 radical (unpaired) electrons. The van der Waals surface area contributed by atoms with Gasteiger partial charge in [-0.2, -0.15) is 5.21 Å². The molecule has 7 heteroatoms. The molecular weight excluding hydrogens is 330 g/mol. The van der Waals surface area contributed by atoms with Crippen LogP contribution in [-0.2, 0) is 17.6 Å². The van der Waals surface area contributed by atoms with Crippen molar-refractivity contribution in [1.82, 2.24) is 20.6 Å². The molecule has 0 aliphatic carbocycles. The van der Waals surface area contributed by atoms with E-state index in [4.69, 9.17) is 4.74 Å². The normalized spacial score (nSPS) is 11.8. The van der Waals surface area contributed by atoms with E-state index in [2.05, 4.69) is 32.9 Å². The van der Waals surface area contributed by atoms with E-state index < -0.39 is 5.92 Å². The highest BCUT2D eigenvalue weighted by Crippen LogP contribution is 2.26. The minimum absolute atomic E-state index is 0.193. The van der Waals surface area contributed by atoms with Crippen molar-refractivity contribution in [1.29, 1.82) is 0 Å². The Morgan fingerprint density at radius 2 is 1.96 bits per heavy atom. The molecule has 1 atom stereocenters. The Hall–Kier alpha value is -3.22. The first-order valence-electron chi connectivity index (χ1n) is 8.46. The van der Waals surface area contributed by atoms with Crippen molar-refractivity contribution in [2.45, 2.75) is 25.7 Å². The summed E-state index contributed by atoms with van der Waals surface area (Å²) in [4.78, 5) is 12.9. The predicted octanol–water partition coefficient (Wildman–Crippen LogP) is 2.74. The number of hydrogen-bond acceptors (Lipinski definition) is 5. The number of H-pyrrole nitrogens is 1. The maximum atomic E-state index is 12.9. The van der Waals surface area contributed by atoms with Crippen LogP contribution < -0.4 is 10.1 Å². The molecular formula is C19H21N5O2. The topological polar surface area (TPSA) is 92.8 Å². The first-order valence-corrected chi connectivity index (χ1v) is 8.46. The molecule has 1 amide bonds. The lowest BCUT2D eigenvalue weighted by molar-refractivity contribution is -0.117. The number of aromatic amines is 1. The van der Waals surface area contributed by atoms with Crippen LogP contribution in [0.15, 0.2) is 48.5 Å². The summed E-state index contributed by atoms with van der Waals surface area (Å²) in [6.45, 7) is 2.09. The van der Waals surface area contributed by atoms with Crippen LogP contribution in [0.5, 0.6) is 5.75 Å². The summed E-state index contributed by atoms with van der Waals surface area (Å²) in [6, 6.07) is 15.4. The van der Waals surface area contributed by atoms with Crippen LogP contribution >= 0.6 is 0 Å². The lowest BCUT2D eigenvalue weighted by Gasteiger charge is -2.16. The Kier molecular flexibility index (Phi) is 5.58. The number of para-hydroxylation sites is 1. The molecule has 3 aromatic rings. The second kappa shape index (κ2) is 8.24. The van der Waals surface area contributed by atoms with Crippen molar-refractivity contribution in [3.63, 3.8) is 0 Å². The van der Waals surface area contributed by atoms with Crippen LogP contribution in [-0.4, -0.2) is 33.6 Å². The van der Waals surface area contributed by atoms with E-state index in [0.717, 1.165) is 23.4 Å². The summed E-state index contributed by atoms with van der Waals surface area (Å²) in [5.41, 5.74) is 2.86. The highest BCUT2D eigenvalue weighted by atomic mass is 16.5. The number of amides is 1. The van der Waals surface area contributed by atoms with E-state index >= 15 is 0 Å². The Bertz CT molecular complexity index is 847. The molecule has 0 aliphatic heterocycles. The van der Waals surface area contributed by atoms with Gasteiger partial charge in [-0.25, -0.2) is 0 Å². The van der Waals surface area contributed by atoms with Crippen molar-refractivity contribution < 1.29 is 9.53 Å². The van der Waals surface area contributed by atoms with Gasteiger partial charge in [-0.1, -0.05) is 42.5 Å². The van der Waals surface area contributed by atoms with Crippen molar-refractivity contribution in [2.75, 3.05) is 12.4 Å². The third kappa shape index (κ3) is 4.05. The molecule has 0 bridgehead atoms. The fourth-order valence-corrected chi connectivity index (χ4v) is 2.76. The molecule has 1 heterocycles. The van der Waals surface area contributed by atoms with Gasteiger partial charge in [-0.15, -0.1) is 10.2 Å². The smallest absolute Gasteiger partial charge is 0.235 e. The Morgan fingerprint density at radius 1 is 1.19 bits per heavy atom. The quantitative estimate of drug-likeness (QED) is 0.683. The van der Waals surface area contributed by atoms with Crippen LogP contribution in [0.2, 0.25) is 0 Å². The van der Waals surface area contributed by atoms with E-state index in [0.29, 0.717) is 12.2 Å². The number of tetrazole rings is 1. The first-order chi connectivity index (χ1) is 12.7. The molecule has 0 saturated heterocycles. The lowest BCUT2D eigenvalue weighted by atomic mass is 9.97. The van der Waals surface area contributed by atoms with Gasteiger partial charge in [0.25, 0.3) is 0 Å². The summed E-state index contributed by atoms with van der Waals surface area (Å²) in [7, 11) is 1.61.